The predicted octanol–water partition coefficient (Wildman–Crippen LogP) is 0.265. The molecular weight excluding hydrogens is 294 g/mol. The van der Waals surface area contributed by atoms with Crippen LogP contribution in [0.4, 0.5) is 5.69 Å². The summed E-state index contributed by atoms with van der Waals surface area (Å²) in [5, 5.41) is 9.28. The quantitative estimate of drug-likeness (QED) is 0.834. The van der Waals surface area contributed by atoms with Gasteiger partial charge in [0.1, 0.15) is 0 Å². The molecule has 0 aromatic heterocycles. The van der Waals surface area contributed by atoms with E-state index in [2.05, 4.69) is 4.90 Å². The van der Waals surface area contributed by atoms with E-state index in [4.69, 9.17) is 5.73 Å². The second-order valence-electron chi connectivity index (χ2n) is 6.37. The number of rotatable bonds is 4. The topological polar surface area (TPSA) is 86.9 Å². The van der Waals surface area contributed by atoms with E-state index in [0.717, 1.165) is 37.1 Å². The van der Waals surface area contributed by atoms with Crippen molar-refractivity contribution in [2.24, 2.45) is 11.7 Å². The molecule has 3 N–H and O–H groups in total. The van der Waals surface area contributed by atoms with Gasteiger partial charge in [-0.2, -0.15) is 0 Å². The van der Waals surface area contributed by atoms with E-state index in [1.54, 1.807) is 4.90 Å². The largest absolute Gasteiger partial charge is 0.392 e. The molecule has 124 valence electrons. The Hall–Kier alpha value is -2.08. The number of anilines is 1. The first-order chi connectivity index (χ1) is 11.1. The van der Waals surface area contributed by atoms with E-state index >= 15 is 0 Å². The van der Waals surface area contributed by atoms with Crippen molar-refractivity contribution >= 4 is 17.5 Å². The van der Waals surface area contributed by atoms with E-state index in [1.165, 1.54) is 5.56 Å². The summed E-state index contributed by atoms with van der Waals surface area (Å²) < 4.78 is 0. The number of hydrogen-bond donors (Lipinski definition) is 2. The van der Waals surface area contributed by atoms with Crippen molar-refractivity contribution in [1.82, 2.24) is 4.90 Å². The summed E-state index contributed by atoms with van der Waals surface area (Å²) in [4.78, 5) is 27.7. The van der Waals surface area contributed by atoms with E-state index in [1.807, 2.05) is 18.2 Å². The van der Waals surface area contributed by atoms with Crippen LogP contribution in [0.1, 0.15) is 24.0 Å². The summed E-state index contributed by atoms with van der Waals surface area (Å²) in [6, 6.07) is 5.90. The Morgan fingerprint density at radius 1 is 1.30 bits per heavy atom. The number of nitrogens with zero attached hydrogens (tertiary/aromatic N) is 2. The molecule has 0 radical (unpaired) electrons. The van der Waals surface area contributed by atoms with Gasteiger partial charge in [0.2, 0.25) is 11.8 Å². The zero-order chi connectivity index (χ0) is 16.4. The fraction of sp³-hybridized carbons (Fsp3) is 0.529. The van der Waals surface area contributed by atoms with Crippen LogP contribution in [0.5, 0.6) is 0 Å². The summed E-state index contributed by atoms with van der Waals surface area (Å²) >= 11 is 0. The molecule has 6 nitrogen and oxygen atoms in total. The molecule has 0 spiro atoms. The monoisotopic (exact) mass is 317 g/mol. The first-order valence-corrected chi connectivity index (χ1v) is 8.13. The first-order valence-electron chi connectivity index (χ1n) is 8.13. The van der Waals surface area contributed by atoms with Gasteiger partial charge in [0.05, 0.1) is 19.1 Å². The number of primary amides is 1. The summed E-state index contributed by atoms with van der Waals surface area (Å²) in [7, 11) is 0. The number of aliphatic hydroxyl groups is 1. The van der Waals surface area contributed by atoms with Gasteiger partial charge in [0.15, 0.2) is 0 Å². The minimum Gasteiger partial charge on any atom is -0.392 e. The Bertz CT molecular complexity index is 617. The Kier molecular flexibility index (Phi) is 4.52. The minimum absolute atomic E-state index is 0.00147. The summed E-state index contributed by atoms with van der Waals surface area (Å²) in [5.74, 6) is -0.501. The molecule has 1 saturated heterocycles. The van der Waals surface area contributed by atoms with Gasteiger partial charge < -0.3 is 20.6 Å². The number of fused-ring (bicyclic) bond motifs is 1. The van der Waals surface area contributed by atoms with Crippen LogP contribution in [0, 0.1) is 5.92 Å². The van der Waals surface area contributed by atoms with Crippen LogP contribution in [0.3, 0.4) is 0 Å². The minimum atomic E-state index is -0.318. The van der Waals surface area contributed by atoms with Gasteiger partial charge in [-0.25, -0.2) is 0 Å². The third kappa shape index (κ3) is 3.32. The van der Waals surface area contributed by atoms with E-state index in [0.29, 0.717) is 19.6 Å². The average Bonchev–Trinajstić information content (AvgIpc) is 2.97. The van der Waals surface area contributed by atoms with Gasteiger partial charge in [0.25, 0.3) is 0 Å². The van der Waals surface area contributed by atoms with Crippen LogP contribution in [-0.2, 0) is 22.6 Å². The number of nitrogens with two attached hydrogens (primary N) is 1. The van der Waals surface area contributed by atoms with Crippen molar-refractivity contribution in [3.63, 3.8) is 0 Å². The van der Waals surface area contributed by atoms with Crippen LogP contribution >= 0.6 is 0 Å². The fourth-order valence-corrected chi connectivity index (χ4v) is 3.45. The van der Waals surface area contributed by atoms with E-state index in [-0.39, 0.29) is 24.3 Å². The predicted molar refractivity (Wildman–Crippen MR) is 86.8 cm³/mol. The molecule has 1 unspecified atom stereocenters. The molecule has 2 aliphatic heterocycles. The van der Waals surface area contributed by atoms with Crippen LogP contribution in [0.2, 0.25) is 0 Å². The van der Waals surface area contributed by atoms with Crippen molar-refractivity contribution in [1.29, 1.82) is 0 Å². The average molecular weight is 317 g/mol. The summed E-state index contributed by atoms with van der Waals surface area (Å²) in [6.45, 7) is 2.25. The molecule has 1 aromatic rings. The third-order valence-electron chi connectivity index (χ3n) is 4.83. The molecule has 1 fully saturated rings. The number of likely N-dealkylation sites (tertiary alicyclic amines) is 1. The third-order valence-corrected chi connectivity index (χ3v) is 4.83. The van der Waals surface area contributed by atoms with Crippen molar-refractivity contribution < 1.29 is 14.7 Å². The highest BCUT2D eigenvalue weighted by molar-refractivity contribution is 5.84. The molecule has 0 aliphatic carbocycles. The lowest BCUT2D eigenvalue weighted by Crippen LogP contribution is -2.47. The zero-order valence-electron chi connectivity index (χ0n) is 13.2. The smallest absolute Gasteiger partial charge is 0.242 e. The van der Waals surface area contributed by atoms with Gasteiger partial charge in [0, 0.05) is 25.3 Å². The summed E-state index contributed by atoms with van der Waals surface area (Å²) in [6.07, 6.45) is 2.51. The number of aliphatic hydroxyl groups excluding tert-OH is 1. The highest BCUT2D eigenvalue weighted by Crippen LogP contribution is 2.29. The molecule has 1 atom stereocenters. The Morgan fingerprint density at radius 2 is 2.13 bits per heavy atom. The molecule has 2 amide bonds. The summed E-state index contributed by atoms with van der Waals surface area (Å²) in [5.41, 5.74) is 8.48. The molecule has 2 heterocycles. The number of benzene rings is 1. The van der Waals surface area contributed by atoms with Crippen molar-refractivity contribution in [2.45, 2.75) is 25.9 Å². The number of hydrogen-bond acceptors (Lipinski definition) is 4. The number of piperidine rings is 1. The van der Waals surface area contributed by atoms with E-state index < -0.39 is 0 Å². The van der Waals surface area contributed by atoms with Crippen LogP contribution in [-0.4, -0.2) is 48.0 Å². The number of carbonyl (C=O) groups excluding carboxylic acids is 2. The molecular formula is C17H23N3O3. The van der Waals surface area contributed by atoms with Crippen molar-refractivity contribution in [3.05, 3.63) is 29.3 Å². The van der Waals surface area contributed by atoms with Gasteiger partial charge in [-0.15, -0.1) is 0 Å². The first kappa shape index (κ1) is 15.8. The highest BCUT2D eigenvalue weighted by Gasteiger charge is 2.29. The lowest BCUT2D eigenvalue weighted by atomic mass is 9.97. The van der Waals surface area contributed by atoms with E-state index in [9.17, 15) is 14.7 Å². The Balaban J connectivity index is 1.67. The van der Waals surface area contributed by atoms with Crippen molar-refractivity contribution in [3.8, 4) is 0 Å². The maximum Gasteiger partial charge on any atom is 0.242 e. The second-order valence-corrected chi connectivity index (χ2v) is 6.37. The van der Waals surface area contributed by atoms with Crippen LogP contribution in [0.15, 0.2) is 18.2 Å². The number of amides is 2. The van der Waals surface area contributed by atoms with Crippen LogP contribution < -0.4 is 10.6 Å². The van der Waals surface area contributed by atoms with Crippen LogP contribution in [0.25, 0.3) is 0 Å². The normalized spacial score (nSPS) is 20.5. The Labute approximate surface area is 135 Å². The van der Waals surface area contributed by atoms with Gasteiger partial charge in [-0.1, -0.05) is 12.1 Å². The lowest BCUT2D eigenvalue weighted by Gasteiger charge is -2.32. The van der Waals surface area contributed by atoms with Gasteiger partial charge >= 0.3 is 0 Å². The molecule has 2 aliphatic rings. The SMILES string of the molecule is NC(=O)C1CCCN(C(=O)CN2CCc3ccc(CO)cc32)C1. The molecule has 0 bridgehead atoms. The van der Waals surface area contributed by atoms with Gasteiger partial charge in [-0.05, 0) is 36.5 Å². The molecule has 0 saturated carbocycles. The molecule has 1 aromatic carbocycles. The Morgan fingerprint density at radius 3 is 2.87 bits per heavy atom. The maximum absolute atomic E-state index is 12.6. The van der Waals surface area contributed by atoms with Crippen molar-refractivity contribution in [2.75, 3.05) is 31.1 Å². The zero-order valence-corrected chi connectivity index (χ0v) is 13.2. The molecule has 23 heavy (non-hydrogen) atoms. The highest BCUT2D eigenvalue weighted by atomic mass is 16.3. The maximum atomic E-state index is 12.6. The standard InChI is InChI=1S/C17H23N3O3/c18-17(23)14-2-1-6-20(9-14)16(22)10-19-7-5-13-4-3-12(11-21)8-15(13)19/h3-4,8,14,21H,1-2,5-7,9-11H2,(H2,18,23). The fourth-order valence-electron chi connectivity index (χ4n) is 3.45. The van der Waals surface area contributed by atoms with Gasteiger partial charge in [-0.3, -0.25) is 9.59 Å². The number of carbonyl (C=O) groups is 2. The molecule has 6 heteroatoms. The molecule has 3 rings (SSSR count). The lowest BCUT2D eigenvalue weighted by molar-refractivity contribution is -0.133. The second kappa shape index (κ2) is 6.58.